The average molecular weight is 395 g/mol. The molecule has 3 unspecified atom stereocenters. The van der Waals surface area contributed by atoms with E-state index in [4.69, 9.17) is 0 Å². The molecule has 0 bridgehead atoms. The first-order valence-corrected chi connectivity index (χ1v) is 11.0. The van der Waals surface area contributed by atoms with Crippen LogP contribution >= 0.6 is 0 Å². The summed E-state index contributed by atoms with van der Waals surface area (Å²) in [6.07, 6.45) is 6.94. The van der Waals surface area contributed by atoms with Crippen molar-refractivity contribution in [2.75, 3.05) is 19.6 Å². The zero-order chi connectivity index (χ0) is 20.7. The van der Waals surface area contributed by atoms with E-state index in [1.165, 1.54) is 19.3 Å². The molecule has 2 rings (SSSR count). The fourth-order valence-corrected chi connectivity index (χ4v) is 4.12. The number of nitrogens with one attached hydrogen (secondary N) is 2. The van der Waals surface area contributed by atoms with Crippen molar-refractivity contribution < 1.29 is 14.4 Å². The normalized spacial score (nSPS) is 23.1. The van der Waals surface area contributed by atoms with E-state index in [9.17, 15) is 14.4 Å². The van der Waals surface area contributed by atoms with Gasteiger partial charge in [-0.15, -0.1) is 0 Å². The van der Waals surface area contributed by atoms with E-state index in [-0.39, 0.29) is 35.8 Å². The topological polar surface area (TPSA) is 81.8 Å². The van der Waals surface area contributed by atoms with E-state index in [2.05, 4.69) is 10.6 Å². The highest BCUT2D eigenvalue weighted by molar-refractivity contribution is 5.88. The van der Waals surface area contributed by atoms with Crippen LogP contribution < -0.4 is 10.6 Å². The van der Waals surface area contributed by atoms with Gasteiger partial charge >= 0.3 is 6.03 Å². The Hall–Kier alpha value is -1.79. The predicted molar refractivity (Wildman–Crippen MR) is 110 cm³/mol. The second-order valence-electron chi connectivity index (χ2n) is 8.40. The number of urea groups is 1. The lowest BCUT2D eigenvalue weighted by molar-refractivity contribution is -0.139. The Bertz CT molecular complexity index is 548. The first kappa shape index (κ1) is 22.5. The molecule has 1 saturated heterocycles. The molecule has 1 heterocycles. The molecule has 7 nitrogen and oxygen atoms in total. The second kappa shape index (κ2) is 10.7. The van der Waals surface area contributed by atoms with Crippen LogP contribution in [-0.4, -0.2) is 65.4 Å². The number of hydrogen-bond donors (Lipinski definition) is 2. The third kappa shape index (κ3) is 5.85. The minimum Gasteiger partial charge on any atom is -0.344 e. The van der Waals surface area contributed by atoms with Gasteiger partial charge < -0.3 is 20.4 Å². The van der Waals surface area contributed by atoms with Gasteiger partial charge in [0.05, 0.1) is 0 Å². The quantitative estimate of drug-likeness (QED) is 0.726. The minimum absolute atomic E-state index is 0.00994. The van der Waals surface area contributed by atoms with Crippen molar-refractivity contribution in [1.82, 2.24) is 20.4 Å². The van der Waals surface area contributed by atoms with E-state index in [0.717, 1.165) is 19.3 Å². The van der Waals surface area contributed by atoms with Gasteiger partial charge in [-0.25, -0.2) is 4.79 Å². The molecule has 2 aliphatic rings. The molecule has 1 saturated carbocycles. The molecular formula is C21H38N4O3. The van der Waals surface area contributed by atoms with Crippen LogP contribution in [0.25, 0.3) is 0 Å². The standard InChI is InChI=1S/C21H38N4O3/c1-5-15(3)19(23-18(26)6-2)20(27)24-12-13-25(16(4)14-24)21(28)22-17-10-8-7-9-11-17/h15-17,19H,5-14H2,1-4H3,(H,22,28)(H,23,26). The number of hydrogen-bond acceptors (Lipinski definition) is 3. The van der Waals surface area contributed by atoms with Crippen LogP contribution in [0.3, 0.4) is 0 Å². The van der Waals surface area contributed by atoms with Crippen LogP contribution in [0.15, 0.2) is 0 Å². The van der Waals surface area contributed by atoms with Crippen LogP contribution in [0.1, 0.15) is 72.6 Å². The third-order valence-corrected chi connectivity index (χ3v) is 6.25. The van der Waals surface area contributed by atoms with Crippen molar-refractivity contribution in [2.45, 2.75) is 90.8 Å². The number of piperazine rings is 1. The van der Waals surface area contributed by atoms with E-state index in [0.29, 0.717) is 26.1 Å². The average Bonchev–Trinajstić information content (AvgIpc) is 2.71. The van der Waals surface area contributed by atoms with Crippen LogP contribution in [0, 0.1) is 5.92 Å². The second-order valence-corrected chi connectivity index (χ2v) is 8.40. The molecule has 1 aliphatic heterocycles. The highest BCUT2D eigenvalue weighted by atomic mass is 16.2. The van der Waals surface area contributed by atoms with Gasteiger partial charge in [-0.2, -0.15) is 0 Å². The molecular weight excluding hydrogens is 356 g/mol. The van der Waals surface area contributed by atoms with E-state index in [1.54, 1.807) is 6.92 Å². The molecule has 1 aliphatic carbocycles. The molecule has 2 N–H and O–H groups in total. The van der Waals surface area contributed by atoms with Crippen LogP contribution in [0.4, 0.5) is 4.79 Å². The highest BCUT2D eigenvalue weighted by Gasteiger charge is 2.35. The van der Waals surface area contributed by atoms with E-state index >= 15 is 0 Å². The van der Waals surface area contributed by atoms with Crippen molar-refractivity contribution in [3.63, 3.8) is 0 Å². The smallest absolute Gasteiger partial charge is 0.317 e. The van der Waals surface area contributed by atoms with Crippen molar-refractivity contribution in [2.24, 2.45) is 5.92 Å². The Morgan fingerprint density at radius 2 is 1.75 bits per heavy atom. The Morgan fingerprint density at radius 1 is 1.07 bits per heavy atom. The zero-order valence-corrected chi connectivity index (χ0v) is 18.0. The maximum absolute atomic E-state index is 13.1. The first-order valence-electron chi connectivity index (χ1n) is 11.0. The predicted octanol–water partition coefficient (Wildman–Crippen LogP) is 2.50. The summed E-state index contributed by atoms with van der Waals surface area (Å²) in [5.41, 5.74) is 0. The van der Waals surface area contributed by atoms with Crippen LogP contribution in [0.2, 0.25) is 0 Å². The minimum atomic E-state index is -0.493. The van der Waals surface area contributed by atoms with Gasteiger partial charge in [0.1, 0.15) is 6.04 Å². The van der Waals surface area contributed by atoms with Gasteiger partial charge in [-0.1, -0.05) is 46.5 Å². The van der Waals surface area contributed by atoms with Crippen LogP contribution in [0.5, 0.6) is 0 Å². The largest absolute Gasteiger partial charge is 0.344 e. The van der Waals surface area contributed by atoms with Gasteiger partial charge in [0.15, 0.2) is 0 Å². The summed E-state index contributed by atoms with van der Waals surface area (Å²) in [6.45, 7) is 9.35. The molecule has 7 heteroatoms. The lowest BCUT2D eigenvalue weighted by Crippen LogP contribution is -2.61. The molecule has 2 fully saturated rings. The molecule has 4 amide bonds. The molecule has 28 heavy (non-hydrogen) atoms. The first-order chi connectivity index (χ1) is 13.4. The summed E-state index contributed by atoms with van der Waals surface area (Å²) >= 11 is 0. The number of amides is 4. The number of rotatable bonds is 6. The Balaban J connectivity index is 1.93. The van der Waals surface area contributed by atoms with Crippen molar-refractivity contribution in [3.8, 4) is 0 Å². The molecule has 3 atom stereocenters. The third-order valence-electron chi connectivity index (χ3n) is 6.25. The van der Waals surface area contributed by atoms with Gasteiger partial charge in [0.25, 0.3) is 0 Å². The molecule has 0 aromatic rings. The summed E-state index contributed by atoms with van der Waals surface area (Å²) in [4.78, 5) is 41.3. The van der Waals surface area contributed by atoms with Crippen molar-refractivity contribution in [3.05, 3.63) is 0 Å². The van der Waals surface area contributed by atoms with E-state index < -0.39 is 6.04 Å². The number of carbonyl (C=O) groups is 3. The van der Waals surface area contributed by atoms with E-state index in [1.807, 2.05) is 30.6 Å². The fourth-order valence-electron chi connectivity index (χ4n) is 4.12. The summed E-state index contributed by atoms with van der Waals surface area (Å²) in [5.74, 6) is -0.0570. The summed E-state index contributed by atoms with van der Waals surface area (Å²) in [5, 5.41) is 6.07. The number of nitrogens with zero attached hydrogens (tertiary/aromatic N) is 2. The Morgan fingerprint density at radius 3 is 2.32 bits per heavy atom. The lowest BCUT2D eigenvalue weighted by atomic mass is 9.95. The molecule has 0 spiro atoms. The van der Waals surface area contributed by atoms with Gasteiger partial charge in [-0.3, -0.25) is 9.59 Å². The summed E-state index contributed by atoms with van der Waals surface area (Å²) in [6, 6.07) is -0.260. The van der Waals surface area contributed by atoms with Gasteiger partial charge in [0.2, 0.25) is 11.8 Å². The maximum Gasteiger partial charge on any atom is 0.317 e. The van der Waals surface area contributed by atoms with Crippen LogP contribution in [-0.2, 0) is 9.59 Å². The summed E-state index contributed by atoms with van der Waals surface area (Å²) < 4.78 is 0. The lowest BCUT2D eigenvalue weighted by Gasteiger charge is -2.42. The number of carbonyl (C=O) groups excluding carboxylic acids is 3. The molecule has 0 aromatic heterocycles. The summed E-state index contributed by atoms with van der Waals surface area (Å²) in [7, 11) is 0. The SMILES string of the molecule is CCC(=O)NC(C(=O)N1CCN(C(=O)NC2CCCCC2)C(C)C1)C(C)CC. The maximum atomic E-state index is 13.1. The molecule has 0 radical (unpaired) electrons. The molecule has 0 aromatic carbocycles. The zero-order valence-electron chi connectivity index (χ0n) is 18.0. The molecule has 160 valence electrons. The van der Waals surface area contributed by atoms with Crippen molar-refractivity contribution in [1.29, 1.82) is 0 Å². The Kier molecular flexibility index (Phi) is 8.58. The Labute approximate surface area is 169 Å². The van der Waals surface area contributed by atoms with Gasteiger partial charge in [0, 0.05) is 38.1 Å². The fraction of sp³-hybridized carbons (Fsp3) is 0.857. The van der Waals surface area contributed by atoms with Gasteiger partial charge in [-0.05, 0) is 25.7 Å². The highest BCUT2D eigenvalue weighted by Crippen LogP contribution is 2.19. The van der Waals surface area contributed by atoms with Crippen molar-refractivity contribution >= 4 is 17.8 Å². The monoisotopic (exact) mass is 394 g/mol.